The Morgan fingerprint density at radius 1 is 0.925 bits per heavy atom. The number of carbonyl (C=O) groups excluding carboxylic acids is 1. The van der Waals surface area contributed by atoms with Gasteiger partial charge in [0.05, 0.1) is 16.9 Å². The number of nitrogens with zero attached hydrogens (tertiary/aromatic N) is 2. The first-order valence-corrected chi connectivity index (χ1v) is 13.5. The minimum absolute atomic E-state index is 0.0520. The first-order chi connectivity index (χ1) is 19.2. The first kappa shape index (κ1) is 28.8. The Kier molecular flexibility index (Phi) is 9.55. The summed E-state index contributed by atoms with van der Waals surface area (Å²) in [5.41, 5.74) is 2.59. The molecule has 0 radical (unpaired) electrons. The van der Waals surface area contributed by atoms with Crippen molar-refractivity contribution < 1.29 is 27.9 Å². The van der Waals surface area contributed by atoms with Crippen molar-refractivity contribution >= 4 is 28.3 Å². The molecule has 1 heterocycles. The molecule has 208 valence electrons. The highest BCUT2D eigenvalue weighted by atomic mass is 32.1. The van der Waals surface area contributed by atoms with E-state index in [1.165, 1.54) is 29.0 Å². The van der Waals surface area contributed by atoms with Gasteiger partial charge in [0.25, 0.3) is 5.91 Å². The number of aromatic nitrogens is 1. The number of halogens is 3. The Morgan fingerprint density at radius 2 is 1.62 bits per heavy atom. The fraction of sp³-hybridized carbons (Fsp3) is 0.233. The molecule has 0 unspecified atom stereocenters. The second-order valence-corrected chi connectivity index (χ2v) is 10.2. The van der Waals surface area contributed by atoms with E-state index in [4.69, 9.17) is 5.11 Å². The normalized spacial score (nSPS) is 11.3. The van der Waals surface area contributed by atoms with Crippen LogP contribution in [0, 0.1) is 0 Å². The minimum Gasteiger partial charge on any atom is -0.481 e. The van der Waals surface area contributed by atoms with E-state index in [-0.39, 0.29) is 18.9 Å². The van der Waals surface area contributed by atoms with E-state index < -0.39 is 17.7 Å². The molecule has 4 rings (SSSR count). The van der Waals surface area contributed by atoms with Crippen molar-refractivity contribution in [2.24, 2.45) is 0 Å². The van der Waals surface area contributed by atoms with Gasteiger partial charge >= 0.3 is 12.1 Å². The highest BCUT2D eigenvalue weighted by Crippen LogP contribution is 2.35. The van der Waals surface area contributed by atoms with Crippen molar-refractivity contribution in [3.8, 4) is 10.4 Å². The van der Waals surface area contributed by atoms with Crippen LogP contribution in [0.4, 0.5) is 18.3 Å². The summed E-state index contributed by atoms with van der Waals surface area (Å²) >= 11 is 1.41. The number of hydrogen-bond donors (Lipinski definition) is 2. The van der Waals surface area contributed by atoms with Gasteiger partial charge in [0.1, 0.15) is 0 Å². The lowest BCUT2D eigenvalue weighted by Crippen LogP contribution is -2.26. The van der Waals surface area contributed by atoms with Gasteiger partial charge in [0.15, 0.2) is 5.13 Å². The van der Waals surface area contributed by atoms with E-state index >= 15 is 0 Å². The molecule has 0 spiro atoms. The molecular weight excluding hydrogens is 539 g/mol. The highest BCUT2D eigenvalue weighted by Gasteiger charge is 2.30. The summed E-state index contributed by atoms with van der Waals surface area (Å²) in [6.45, 7) is 1.28. The number of amides is 1. The van der Waals surface area contributed by atoms with Gasteiger partial charge in [-0.3, -0.25) is 9.59 Å². The zero-order valence-corrected chi connectivity index (χ0v) is 22.3. The Hall–Kier alpha value is -4.18. The lowest BCUT2D eigenvalue weighted by Gasteiger charge is -2.22. The third-order valence-corrected chi connectivity index (χ3v) is 7.32. The number of carboxylic acid groups (broad SMARTS) is 1. The minimum atomic E-state index is -4.39. The van der Waals surface area contributed by atoms with E-state index in [0.29, 0.717) is 24.2 Å². The standard InChI is InChI=1S/C30H28F3N3O3S/c31-30(32,33)25-14-12-23(13-15-25)26-19-35-29(40-26)36(18-4-7-21-5-2-1-3-6-21)20-22-8-10-24(11-9-22)28(39)34-17-16-27(37)38/h1-3,5-6,8-15,19H,4,7,16-18,20H2,(H,34,39)(H,37,38). The molecule has 0 fully saturated rings. The predicted molar refractivity (Wildman–Crippen MR) is 149 cm³/mol. The molecule has 10 heteroatoms. The van der Waals surface area contributed by atoms with Gasteiger partial charge in [-0.1, -0.05) is 65.9 Å². The molecule has 0 saturated heterocycles. The van der Waals surface area contributed by atoms with Crippen molar-refractivity contribution in [2.45, 2.75) is 32.0 Å². The number of anilines is 1. The summed E-state index contributed by atoms with van der Waals surface area (Å²) in [6.07, 6.45) is -1.11. The second-order valence-electron chi connectivity index (χ2n) is 9.19. The maximum atomic E-state index is 13.0. The molecule has 0 saturated carbocycles. The summed E-state index contributed by atoms with van der Waals surface area (Å²) in [5.74, 6) is -1.32. The van der Waals surface area contributed by atoms with Crippen LogP contribution in [0.25, 0.3) is 10.4 Å². The van der Waals surface area contributed by atoms with Crippen LogP contribution < -0.4 is 10.2 Å². The van der Waals surface area contributed by atoms with Gasteiger partial charge < -0.3 is 15.3 Å². The lowest BCUT2D eigenvalue weighted by molar-refractivity contribution is -0.138. The number of rotatable bonds is 12. The molecule has 0 aliphatic rings. The molecule has 0 atom stereocenters. The number of carbonyl (C=O) groups is 2. The zero-order valence-electron chi connectivity index (χ0n) is 21.5. The smallest absolute Gasteiger partial charge is 0.416 e. The van der Waals surface area contributed by atoms with Gasteiger partial charge in [0.2, 0.25) is 0 Å². The fourth-order valence-corrected chi connectivity index (χ4v) is 5.04. The Morgan fingerprint density at radius 3 is 2.27 bits per heavy atom. The average molecular weight is 568 g/mol. The Balaban J connectivity index is 1.48. The van der Waals surface area contributed by atoms with Crippen molar-refractivity contribution in [3.63, 3.8) is 0 Å². The van der Waals surface area contributed by atoms with Crippen LogP contribution in [0.3, 0.4) is 0 Å². The zero-order chi connectivity index (χ0) is 28.5. The Labute approximate surface area is 234 Å². The average Bonchev–Trinajstić information content (AvgIpc) is 3.43. The molecule has 3 aromatic carbocycles. The number of aryl methyl sites for hydroxylation is 1. The highest BCUT2D eigenvalue weighted by molar-refractivity contribution is 7.18. The van der Waals surface area contributed by atoms with Gasteiger partial charge in [-0.05, 0) is 53.8 Å². The predicted octanol–water partition coefficient (Wildman–Crippen LogP) is 6.67. The maximum absolute atomic E-state index is 13.0. The number of aliphatic carboxylic acids is 1. The van der Waals surface area contributed by atoms with E-state index in [0.717, 1.165) is 40.5 Å². The summed E-state index contributed by atoms with van der Waals surface area (Å²) in [7, 11) is 0. The van der Waals surface area contributed by atoms with Crippen LogP contribution in [0.5, 0.6) is 0 Å². The monoisotopic (exact) mass is 567 g/mol. The third kappa shape index (κ3) is 8.16. The number of nitrogens with one attached hydrogen (secondary N) is 1. The van der Waals surface area contributed by atoms with E-state index in [1.807, 2.05) is 30.3 Å². The first-order valence-electron chi connectivity index (χ1n) is 12.7. The SMILES string of the molecule is O=C(O)CCNC(=O)c1ccc(CN(CCCc2ccccc2)c2ncc(-c3ccc(C(F)(F)F)cc3)s2)cc1. The summed E-state index contributed by atoms with van der Waals surface area (Å²) in [4.78, 5) is 30.4. The molecule has 0 bridgehead atoms. The third-order valence-electron chi connectivity index (χ3n) is 6.21. The van der Waals surface area contributed by atoms with Crippen molar-refractivity contribution in [1.82, 2.24) is 10.3 Å². The molecular formula is C30H28F3N3O3S. The second kappa shape index (κ2) is 13.3. The Bertz CT molecular complexity index is 1410. The number of thiazole rings is 1. The lowest BCUT2D eigenvalue weighted by atomic mass is 10.1. The summed E-state index contributed by atoms with van der Waals surface area (Å²) < 4.78 is 38.9. The summed E-state index contributed by atoms with van der Waals surface area (Å²) in [6, 6.07) is 22.3. The molecule has 6 nitrogen and oxygen atoms in total. The topological polar surface area (TPSA) is 82.5 Å². The number of hydrogen-bond acceptors (Lipinski definition) is 5. The quantitative estimate of drug-likeness (QED) is 0.200. The fourth-order valence-electron chi connectivity index (χ4n) is 4.10. The molecule has 40 heavy (non-hydrogen) atoms. The van der Waals surface area contributed by atoms with Crippen molar-refractivity contribution in [1.29, 1.82) is 0 Å². The van der Waals surface area contributed by atoms with Gasteiger partial charge in [-0.25, -0.2) is 4.98 Å². The number of carboxylic acids is 1. The van der Waals surface area contributed by atoms with Gasteiger partial charge in [-0.15, -0.1) is 0 Å². The van der Waals surface area contributed by atoms with Crippen LogP contribution in [0.1, 0.15) is 39.9 Å². The van der Waals surface area contributed by atoms with Gasteiger partial charge in [0, 0.05) is 31.4 Å². The molecule has 1 amide bonds. The number of alkyl halides is 3. The molecule has 4 aromatic rings. The van der Waals surface area contributed by atoms with Crippen molar-refractivity contribution in [2.75, 3.05) is 18.0 Å². The number of benzene rings is 3. The van der Waals surface area contributed by atoms with Crippen LogP contribution >= 0.6 is 11.3 Å². The van der Waals surface area contributed by atoms with Crippen molar-refractivity contribution in [3.05, 3.63) is 107 Å². The largest absolute Gasteiger partial charge is 0.481 e. The van der Waals surface area contributed by atoms with Crippen LogP contribution in [-0.2, 0) is 23.9 Å². The molecule has 0 aliphatic carbocycles. The van der Waals surface area contributed by atoms with E-state index in [9.17, 15) is 22.8 Å². The van der Waals surface area contributed by atoms with Gasteiger partial charge in [-0.2, -0.15) is 13.2 Å². The molecule has 0 aliphatic heterocycles. The maximum Gasteiger partial charge on any atom is 0.416 e. The van der Waals surface area contributed by atoms with Crippen LogP contribution in [0.15, 0.2) is 85.1 Å². The van der Waals surface area contributed by atoms with Crippen LogP contribution in [-0.4, -0.2) is 35.1 Å². The molecule has 1 aromatic heterocycles. The molecule has 2 N–H and O–H groups in total. The van der Waals surface area contributed by atoms with Crippen LogP contribution in [0.2, 0.25) is 0 Å². The van der Waals surface area contributed by atoms with E-state index in [2.05, 4.69) is 27.3 Å². The summed E-state index contributed by atoms with van der Waals surface area (Å²) in [5, 5.41) is 12.1. The van der Waals surface area contributed by atoms with E-state index in [1.54, 1.807) is 18.3 Å².